The Bertz CT molecular complexity index is 974. The molecular weight excluding hydrogens is 396 g/mol. The number of ether oxygens (including phenoxy) is 4. The number of ketones is 1. The highest BCUT2D eigenvalue weighted by Gasteiger charge is 2.24. The molecule has 4 rings (SSSR count). The lowest BCUT2D eigenvalue weighted by Crippen LogP contribution is -2.21. The molecule has 0 atom stereocenters. The van der Waals surface area contributed by atoms with Crippen molar-refractivity contribution in [1.29, 1.82) is 0 Å². The first kappa shape index (κ1) is 21.2. The number of fused-ring (bicyclic) bond motifs is 1. The fourth-order valence-electron chi connectivity index (χ4n) is 4.34. The monoisotopic (exact) mass is 424 g/mol. The minimum absolute atomic E-state index is 0.0125. The van der Waals surface area contributed by atoms with Gasteiger partial charge in [-0.05, 0) is 62.3 Å². The molecule has 0 saturated heterocycles. The van der Waals surface area contributed by atoms with E-state index < -0.39 is 0 Å². The topological polar surface area (TPSA) is 71.1 Å². The van der Waals surface area contributed by atoms with E-state index in [2.05, 4.69) is 0 Å². The summed E-state index contributed by atoms with van der Waals surface area (Å²) in [7, 11) is 1.57. The van der Waals surface area contributed by atoms with E-state index in [1.807, 2.05) is 37.3 Å². The smallest absolute Gasteiger partial charge is 0.344 e. The van der Waals surface area contributed by atoms with Crippen molar-refractivity contribution in [3.63, 3.8) is 0 Å². The number of esters is 1. The second-order valence-electron chi connectivity index (χ2n) is 7.89. The molecule has 0 aliphatic heterocycles. The maximum Gasteiger partial charge on any atom is 0.344 e. The van der Waals surface area contributed by atoms with Gasteiger partial charge in [0.2, 0.25) is 5.75 Å². The number of carbonyl (C=O) groups is 2. The average Bonchev–Trinajstić information content (AvgIpc) is 3.42. The SMILES string of the molecule is CCOc1c(OC)ccc(-c2ccc3c(c2)CCC3=O)c1OCC(=O)OC1CCCC1. The van der Waals surface area contributed by atoms with E-state index in [-0.39, 0.29) is 24.5 Å². The summed E-state index contributed by atoms with van der Waals surface area (Å²) in [5.41, 5.74) is 3.49. The van der Waals surface area contributed by atoms with E-state index in [1.165, 1.54) is 0 Å². The van der Waals surface area contributed by atoms with Gasteiger partial charge in [-0.25, -0.2) is 4.79 Å². The highest BCUT2D eigenvalue weighted by molar-refractivity contribution is 6.01. The Morgan fingerprint density at radius 2 is 1.77 bits per heavy atom. The van der Waals surface area contributed by atoms with Crippen molar-refractivity contribution in [2.24, 2.45) is 0 Å². The summed E-state index contributed by atoms with van der Waals surface area (Å²) in [5, 5.41) is 0. The van der Waals surface area contributed by atoms with E-state index in [1.54, 1.807) is 7.11 Å². The van der Waals surface area contributed by atoms with E-state index in [0.717, 1.165) is 54.4 Å². The van der Waals surface area contributed by atoms with Gasteiger partial charge in [-0.15, -0.1) is 0 Å². The van der Waals surface area contributed by atoms with Crippen molar-refractivity contribution < 1.29 is 28.5 Å². The van der Waals surface area contributed by atoms with Crippen LogP contribution in [-0.4, -0.2) is 38.2 Å². The number of carbonyl (C=O) groups excluding carboxylic acids is 2. The summed E-state index contributed by atoms with van der Waals surface area (Å²) in [4.78, 5) is 24.4. The average molecular weight is 424 g/mol. The fraction of sp³-hybridized carbons (Fsp3) is 0.440. The van der Waals surface area contributed by atoms with Crippen LogP contribution in [0.4, 0.5) is 0 Å². The molecule has 0 amide bonds. The lowest BCUT2D eigenvalue weighted by molar-refractivity contribution is -0.151. The molecule has 1 saturated carbocycles. The van der Waals surface area contributed by atoms with E-state index in [4.69, 9.17) is 18.9 Å². The standard InChI is InChI=1S/C25H28O6/c1-3-29-25-22(28-2)13-11-20(17-8-10-19-16(14-17)9-12-21(19)26)24(25)30-15-23(27)31-18-6-4-5-7-18/h8,10-11,13-14,18H,3-7,9,12,15H2,1-2H3. The van der Waals surface area contributed by atoms with Crippen LogP contribution < -0.4 is 14.2 Å². The highest BCUT2D eigenvalue weighted by atomic mass is 16.6. The van der Waals surface area contributed by atoms with Crippen LogP contribution in [0.1, 0.15) is 54.9 Å². The lowest BCUT2D eigenvalue weighted by atomic mass is 9.99. The van der Waals surface area contributed by atoms with Crippen LogP contribution in [0.5, 0.6) is 17.2 Å². The molecule has 1 fully saturated rings. The summed E-state index contributed by atoms with van der Waals surface area (Å²) in [6.45, 7) is 2.09. The predicted octanol–water partition coefficient (Wildman–Crippen LogP) is 4.75. The van der Waals surface area contributed by atoms with Gasteiger partial charge in [-0.2, -0.15) is 0 Å². The molecule has 2 aliphatic rings. The van der Waals surface area contributed by atoms with Crippen LogP contribution in [0, 0.1) is 0 Å². The third kappa shape index (κ3) is 4.53. The van der Waals surface area contributed by atoms with Crippen molar-refractivity contribution in [2.45, 2.75) is 51.6 Å². The highest BCUT2D eigenvalue weighted by Crippen LogP contribution is 2.45. The number of methoxy groups -OCH3 is 1. The Hall–Kier alpha value is -3.02. The normalized spacial score (nSPS) is 15.6. The van der Waals surface area contributed by atoms with Crippen LogP contribution in [0.25, 0.3) is 11.1 Å². The molecule has 6 heteroatoms. The van der Waals surface area contributed by atoms with Gasteiger partial charge in [0, 0.05) is 17.5 Å². The number of Topliss-reactive ketones (excluding diaryl/α,β-unsaturated/α-hetero) is 1. The molecule has 164 valence electrons. The maximum atomic E-state index is 12.4. The molecule has 0 bridgehead atoms. The molecule has 2 aromatic carbocycles. The maximum absolute atomic E-state index is 12.4. The number of hydrogen-bond acceptors (Lipinski definition) is 6. The molecule has 0 heterocycles. The number of rotatable bonds is 8. The predicted molar refractivity (Wildman–Crippen MR) is 116 cm³/mol. The van der Waals surface area contributed by atoms with Gasteiger partial charge in [0.25, 0.3) is 0 Å². The number of hydrogen-bond donors (Lipinski definition) is 0. The molecule has 31 heavy (non-hydrogen) atoms. The zero-order valence-corrected chi connectivity index (χ0v) is 18.1. The minimum atomic E-state index is -0.386. The minimum Gasteiger partial charge on any atom is -0.493 e. The van der Waals surface area contributed by atoms with Gasteiger partial charge in [-0.1, -0.05) is 18.2 Å². The van der Waals surface area contributed by atoms with Crippen LogP contribution in [-0.2, 0) is 16.0 Å². The van der Waals surface area contributed by atoms with Gasteiger partial charge >= 0.3 is 5.97 Å². The number of benzene rings is 2. The first-order valence-electron chi connectivity index (χ1n) is 10.9. The molecule has 2 aliphatic carbocycles. The summed E-state index contributed by atoms with van der Waals surface area (Å²) >= 11 is 0. The third-order valence-electron chi connectivity index (χ3n) is 5.86. The molecule has 0 aromatic heterocycles. The Labute approximate surface area is 182 Å². The van der Waals surface area contributed by atoms with Crippen LogP contribution >= 0.6 is 0 Å². The van der Waals surface area contributed by atoms with E-state index >= 15 is 0 Å². The van der Waals surface area contributed by atoms with Crippen molar-refractivity contribution >= 4 is 11.8 Å². The van der Waals surface area contributed by atoms with Gasteiger partial charge in [-0.3, -0.25) is 4.79 Å². The van der Waals surface area contributed by atoms with Gasteiger partial charge in [0.15, 0.2) is 23.9 Å². The van der Waals surface area contributed by atoms with Crippen LogP contribution in [0.2, 0.25) is 0 Å². The zero-order chi connectivity index (χ0) is 21.8. The lowest BCUT2D eigenvalue weighted by Gasteiger charge is -2.19. The van der Waals surface area contributed by atoms with Crippen molar-refractivity contribution in [1.82, 2.24) is 0 Å². The molecule has 0 spiro atoms. The second-order valence-corrected chi connectivity index (χ2v) is 7.89. The van der Waals surface area contributed by atoms with E-state index in [0.29, 0.717) is 30.3 Å². The van der Waals surface area contributed by atoms with Crippen molar-refractivity contribution in [2.75, 3.05) is 20.3 Å². The van der Waals surface area contributed by atoms with Gasteiger partial charge in [0.1, 0.15) is 6.10 Å². The van der Waals surface area contributed by atoms with Crippen LogP contribution in [0.15, 0.2) is 30.3 Å². The summed E-state index contributed by atoms with van der Waals surface area (Å²) < 4.78 is 22.8. The van der Waals surface area contributed by atoms with Crippen molar-refractivity contribution in [3.05, 3.63) is 41.5 Å². The molecule has 0 radical (unpaired) electrons. The quantitative estimate of drug-likeness (QED) is 0.570. The Balaban J connectivity index is 1.65. The van der Waals surface area contributed by atoms with Gasteiger partial charge in [0.05, 0.1) is 13.7 Å². The first-order chi connectivity index (χ1) is 15.1. The molecular formula is C25H28O6. The third-order valence-corrected chi connectivity index (χ3v) is 5.86. The number of aryl methyl sites for hydroxylation is 1. The molecule has 0 unspecified atom stereocenters. The second kappa shape index (κ2) is 9.41. The summed E-state index contributed by atoms with van der Waals surface area (Å²) in [6, 6.07) is 9.49. The molecule has 2 aromatic rings. The largest absolute Gasteiger partial charge is 0.493 e. The molecule has 6 nitrogen and oxygen atoms in total. The Morgan fingerprint density at radius 1 is 1.00 bits per heavy atom. The Kier molecular flexibility index (Phi) is 6.44. The first-order valence-corrected chi connectivity index (χ1v) is 10.9. The van der Waals surface area contributed by atoms with E-state index in [9.17, 15) is 9.59 Å². The Morgan fingerprint density at radius 3 is 2.52 bits per heavy atom. The van der Waals surface area contributed by atoms with Crippen LogP contribution in [0.3, 0.4) is 0 Å². The molecule has 0 N–H and O–H groups in total. The summed E-state index contributed by atoms with van der Waals surface area (Å²) in [6.07, 6.45) is 5.27. The van der Waals surface area contributed by atoms with Gasteiger partial charge < -0.3 is 18.9 Å². The zero-order valence-electron chi connectivity index (χ0n) is 18.1. The van der Waals surface area contributed by atoms with Crippen molar-refractivity contribution in [3.8, 4) is 28.4 Å². The fourth-order valence-corrected chi connectivity index (χ4v) is 4.34. The summed E-state index contributed by atoms with van der Waals surface area (Å²) in [5.74, 6) is 1.21.